The van der Waals surface area contributed by atoms with Crippen molar-refractivity contribution in [3.05, 3.63) is 29.8 Å². The van der Waals surface area contributed by atoms with E-state index in [4.69, 9.17) is 9.47 Å². The van der Waals surface area contributed by atoms with Crippen LogP contribution in [-0.4, -0.2) is 39.4 Å². The first-order chi connectivity index (χ1) is 12.8. The van der Waals surface area contributed by atoms with Crippen LogP contribution in [0, 0.1) is 0 Å². The van der Waals surface area contributed by atoms with Gasteiger partial charge in [-0.05, 0) is 49.8 Å². The molecule has 5 nitrogen and oxygen atoms in total. The molecule has 1 aliphatic rings. The molecular formula is C21H35N3O2. The molecule has 0 unspecified atom stereocenters. The van der Waals surface area contributed by atoms with Crippen LogP contribution in [0.25, 0.3) is 0 Å². The fourth-order valence-corrected chi connectivity index (χ4v) is 3.24. The average molecular weight is 362 g/mol. The lowest BCUT2D eigenvalue weighted by molar-refractivity contribution is 0.0264. The number of aliphatic imine (C=N–C) groups is 1. The van der Waals surface area contributed by atoms with Gasteiger partial charge in [-0.15, -0.1) is 0 Å². The first-order valence-electron chi connectivity index (χ1n) is 10.0. The third kappa shape index (κ3) is 8.09. The van der Waals surface area contributed by atoms with Gasteiger partial charge in [0.2, 0.25) is 0 Å². The van der Waals surface area contributed by atoms with Gasteiger partial charge in [0.15, 0.2) is 5.96 Å². The zero-order valence-corrected chi connectivity index (χ0v) is 16.4. The van der Waals surface area contributed by atoms with Gasteiger partial charge in [0, 0.05) is 26.7 Å². The molecule has 0 spiro atoms. The fraction of sp³-hybridized carbons (Fsp3) is 0.667. The van der Waals surface area contributed by atoms with Crippen molar-refractivity contribution in [2.24, 2.45) is 4.99 Å². The molecule has 1 aromatic rings. The molecule has 0 aromatic heterocycles. The lowest BCUT2D eigenvalue weighted by Gasteiger charge is -2.21. The molecule has 0 bridgehead atoms. The highest BCUT2D eigenvalue weighted by Gasteiger charge is 2.12. The van der Waals surface area contributed by atoms with Gasteiger partial charge < -0.3 is 20.1 Å². The average Bonchev–Trinajstić information content (AvgIpc) is 2.70. The van der Waals surface area contributed by atoms with Gasteiger partial charge >= 0.3 is 0 Å². The van der Waals surface area contributed by atoms with Crippen molar-refractivity contribution in [2.75, 3.05) is 27.3 Å². The van der Waals surface area contributed by atoms with Gasteiger partial charge in [0.25, 0.3) is 0 Å². The Morgan fingerprint density at radius 3 is 2.50 bits per heavy atom. The molecule has 1 aliphatic carbocycles. The Kier molecular flexibility index (Phi) is 9.95. The first-order valence-corrected chi connectivity index (χ1v) is 10.0. The van der Waals surface area contributed by atoms with E-state index < -0.39 is 0 Å². The summed E-state index contributed by atoms with van der Waals surface area (Å²) in [6.45, 7) is 2.60. The molecule has 1 aromatic carbocycles. The predicted molar refractivity (Wildman–Crippen MR) is 108 cm³/mol. The van der Waals surface area contributed by atoms with E-state index in [2.05, 4.69) is 27.8 Å². The van der Waals surface area contributed by atoms with Crippen LogP contribution in [0.15, 0.2) is 29.3 Å². The number of methoxy groups -OCH3 is 1. The Bertz CT molecular complexity index is 510. The van der Waals surface area contributed by atoms with E-state index in [0.29, 0.717) is 6.10 Å². The molecule has 146 valence electrons. The predicted octanol–water partition coefficient (Wildman–Crippen LogP) is 3.88. The number of unbranched alkanes of at least 4 members (excludes halogenated alkanes) is 2. The number of hydrogen-bond donors (Lipinski definition) is 2. The summed E-state index contributed by atoms with van der Waals surface area (Å²) in [4.78, 5) is 4.28. The zero-order valence-electron chi connectivity index (χ0n) is 16.4. The minimum absolute atomic E-state index is 0.530. The summed E-state index contributed by atoms with van der Waals surface area (Å²) in [6.07, 6.45) is 10.6. The number of benzene rings is 1. The molecule has 5 heteroatoms. The summed E-state index contributed by atoms with van der Waals surface area (Å²) < 4.78 is 11.1. The minimum Gasteiger partial charge on any atom is -0.497 e. The Morgan fingerprint density at radius 1 is 1.04 bits per heavy atom. The Hall–Kier alpha value is -1.75. The second kappa shape index (κ2) is 12.6. The maximum atomic E-state index is 5.97. The molecule has 0 radical (unpaired) electrons. The third-order valence-corrected chi connectivity index (χ3v) is 4.86. The summed E-state index contributed by atoms with van der Waals surface area (Å²) >= 11 is 0. The lowest BCUT2D eigenvalue weighted by Crippen LogP contribution is -2.37. The van der Waals surface area contributed by atoms with Crippen LogP contribution < -0.4 is 15.4 Å². The second-order valence-electron chi connectivity index (χ2n) is 6.89. The number of guanidine groups is 1. The molecule has 2 rings (SSSR count). The van der Waals surface area contributed by atoms with E-state index in [0.717, 1.165) is 44.2 Å². The summed E-state index contributed by atoms with van der Waals surface area (Å²) in [5.41, 5.74) is 1.20. The summed E-state index contributed by atoms with van der Waals surface area (Å²) in [6, 6.07) is 8.07. The van der Waals surface area contributed by atoms with E-state index in [1.807, 2.05) is 12.1 Å². The van der Waals surface area contributed by atoms with Gasteiger partial charge in [-0.3, -0.25) is 4.99 Å². The third-order valence-electron chi connectivity index (χ3n) is 4.86. The normalized spacial score (nSPS) is 15.7. The van der Waals surface area contributed by atoms with E-state index >= 15 is 0 Å². The molecule has 0 aliphatic heterocycles. The van der Waals surface area contributed by atoms with Gasteiger partial charge in [0.1, 0.15) is 5.75 Å². The molecule has 0 amide bonds. The highest BCUT2D eigenvalue weighted by atomic mass is 16.5. The number of nitrogens with zero attached hydrogens (tertiary/aromatic N) is 1. The summed E-state index contributed by atoms with van der Waals surface area (Å²) in [5, 5.41) is 6.72. The summed E-state index contributed by atoms with van der Waals surface area (Å²) in [5.74, 6) is 1.72. The lowest BCUT2D eigenvalue weighted by atomic mass is 9.98. The molecule has 0 saturated heterocycles. The topological polar surface area (TPSA) is 54.9 Å². The van der Waals surface area contributed by atoms with Crippen molar-refractivity contribution in [1.29, 1.82) is 0 Å². The summed E-state index contributed by atoms with van der Waals surface area (Å²) in [7, 11) is 3.49. The van der Waals surface area contributed by atoms with Crippen LogP contribution in [0.3, 0.4) is 0 Å². The van der Waals surface area contributed by atoms with E-state index in [1.165, 1.54) is 44.1 Å². The smallest absolute Gasteiger partial charge is 0.191 e. The van der Waals surface area contributed by atoms with Crippen molar-refractivity contribution < 1.29 is 9.47 Å². The molecule has 2 N–H and O–H groups in total. The van der Waals surface area contributed by atoms with E-state index in [-0.39, 0.29) is 0 Å². The molecule has 0 heterocycles. The number of ether oxygens (including phenoxy) is 2. The standard InChI is InChI=1S/C21H35N3O2/c1-22-21(24-17-18-11-13-19(25-2)14-12-18)23-15-7-4-8-16-26-20-9-5-3-6-10-20/h11-14,20H,3-10,15-17H2,1-2H3,(H2,22,23,24). The van der Waals surface area contributed by atoms with Crippen LogP contribution in [0.1, 0.15) is 56.9 Å². The molecule has 26 heavy (non-hydrogen) atoms. The molecular weight excluding hydrogens is 326 g/mol. The molecule has 1 saturated carbocycles. The number of rotatable bonds is 10. The van der Waals surface area contributed by atoms with Gasteiger partial charge in [-0.2, -0.15) is 0 Å². The van der Waals surface area contributed by atoms with Gasteiger partial charge in [-0.25, -0.2) is 0 Å². The van der Waals surface area contributed by atoms with Crippen molar-refractivity contribution >= 4 is 5.96 Å². The van der Waals surface area contributed by atoms with Gasteiger partial charge in [-0.1, -0.05) is 31.4 Å². The highest BCUT2D eigenvalue weighted by Crippen LogP contribution is 2.20. The second-order valence-corrected chi connectivity index (χ2v) is 6.89. The number of hydrogen-bond acceptors (Lipinski definition) is 3. The van der Waals surface area contributed by atoms with Crippen molar-refractivity contribution in [2.45, 2.75) is 64.0 Å². The maximum absolute atomic E-state index is 5.97. The first kappa shape index (κ1) is 20.6. The monoisotopic (exact) mass is 361 g/mol. The number of nitrogens with one attached hydrogen (secondary N) is 2. The fourth-order valence-electron chi connectivity index (χ4n) is 3.24. The van der Waals surface area contributed by atoms with E-state index in [9.17, 15) is 0 Å². The van der Waals surface area contributed by atoms with Gasteiger partial charge in [0.05, 0.1) is 13.2 Å². The van der Waals surface area contributed by atoms with E-state index in [1.54, 1.807) is 14.2 Å². The van der Waals surface area contributed by atoms with Crippen LogP contribution in [0.2, 0.25) is 0 Å². The Labute approximate surface area is 158 Å². The molecule has 0 atom stereocenters. The van der Waals surface area contributed by atoms with Crippen LogP contribution in [0.5, 0.6) is 5.75 Å². The molecule has 1 fully saturated rings. The zero-order chi connectivity index (χ0) is 18.5. The van der Waals surface area contributed by atoms with Crippen LogP contribution in [-0.2, 0) is 11.3 Å². The van der Waals surface area contributed by atoms with Crippen molar-refractivity contribution in [3.8, 4) is 5.75 Å². The SMILES string of the molecule is CN=C(NCCCCCOC1CCCCC1)NCc1ccc(OC)cc1. The quantitative estimate of drug-likeness (QED) is 0.377. The highest BCUT2D eigenvalue weighted by molar-refractivity contribution is 5.79. The Balaban J connectivity index is 1.50. The largest absolute Gasteiger partial charge is 0.497 e. The minimum atomic E-state index is 0.530. The Morgan fingerprint density at radius 2 is 1.81 bits per heavy atom. The van der Waals surface area contributed by atoms with Crippen molar-refractivity contribution in [3.63, 3.8) is 0 Å². The van der Waals surface area contributed by atoms with Crippen LogP contribution in [0.4, 0.5) is 0 Å². The van der Waals surface area contributed by atoms with Crippen molar-refractivity contribution in [1.82, 2.24) is 10.6 Å². The maximum Gasteiger partial charge on any atom is 0.191 e. The van der Waals surface area contributed by atoms with Crippen LogP contribution >= 0.6 is 0 Å².